The lowest BCUT2D eigenvalue weighted by atomic mass is 10.1. The lowest BCUT2D eigenvalue weighted by molar-refractivity contribution is 0.409. The molecule has 0 bridgehead atoms. The summed E-state index contributed by atoms with van der Waals surface area (Å²) < 4.78 is 1.94. The van der Waals surface area contributed by atoms with E-state index < -0.39 is 0 Å². The van der Waals surface area contributed by atoms with Crippen molar-refractivity contribution in [1.29, 1.82) is 5.26 Å². The lowest BCUT2D eigenvalue weighted by Crippen LogP contribution is -2.12. The van der Waals surface area contributed by atoms with E-state index in [0.29, 0.717) is 0 Å². The molecule has 2 atom stereocenters. The van der Waals surface area contributed by atoms with E-state index in [9.17, 15) is 5.26 Å². The number of rotatable bonds is 2. The maximum absolute atomic E-state index is 9.22. The molecular formula is C15H14N6. The Balaban J connectivity index is 1.75. The highest BCUT2D eigenvalue weighted by molar-refractivity contribution is 5.91. The van der Waals surface area contributed by atoms with Crippen LogP contribution in [0.2, 0.25) is 0 Å². The van der Waals surface area contributed by atoms with Crippen molar-refractivity contribution in [1.82, 2.24) is 25.0 Å². The molecular weight excluding hydrogens is 264 g/mol. The van der Waals surface area contributed by atoms with Crippen LogP contribution in [0.25, 0.3) is 22.2 Å². The first-order valence-electron chi connectivity index (χ1n) is 7.10. The first kappa shape index (κ1) is 12.1. The van der Waals surface area contributed by atoms with Crippen LogP contribution < -0.4 is 0 Å². The Morgan fingerprint density at radius 2 is 2.29 bits per heavy atom. The third-order valence-corrected chi connectivity index (χ3v) is 4.26. The van der Waals surface area contributed by atoms with Gasteiger partial charge in [0.1, 0.15) is 0 Å². The molecule has 1 saturated carbocycles. The van der Waals surface area contributed by atoms with Gasteiger partial charge in [0.25, 0.3) is 0 Å². The van der Waals surface area contributed by atoms with Gasteiger partial charge in [0, 0.05) is 28.9 Å². The maximum Gasteiger partial charge on any atom is 0.160 e. The molecule has 0 unspecified atom stereocenters. The van der Waals surface area contributed by atoms with Crippen LogP contribution in [0.1, 0.15) is 25.3 Å². The summed E-state index contributed by atoms with van der Waals surface area (Å²) in [5.41, 5.74) is 2.80. The van der Waals surface area contributed by atoms with Gasteiger partial charge in [0.2, 0.25) is 0 Å². The first-order valence-corrected chi connectivity index (χ1v) is 7.10. The minimum absolute atomic E-state index is 0.0700. The molecule has 1 aliphatic carbocycles. The van der Waals surface area contributed by atoms with Gasteiger partial charge in [-0.15, -0.1) is 5.10 Å². The zero-order valence-electron chi connectivity index (χ0n) is 11.4. The molecule has 1 fully saturated rings. The van der Waals surface area contributed by atoms with E-state index in [-0.39, 0.29) is 12.0 Å². The summed E-state index contributed by atoms with van der Waals surface area (Å²) in [5.74, 6) is 0.0700. The van der Waals surface area contributed by atoms with Gasteiger partial charge in [0.05, 0.1) is 30.4 Å². The Kier molecular flexibility index (Phi) is 2.71. The molecule has 0 radical (unpaired) electrons. The summed E-state index contributed by atoms with van der Waals surface area (Å²) in [7, 11) is 0. The second-order valence-electron chi connectivity index (χ2n) is 5.44. The van der Waals surface area contributed by atoms with Crippen LogP contribution in [0, 0.1) is 17.2 Å². The minimum atomic E-state index is 0.0700. The summed E-state index contributed by atoms with van der Waals surface area (Å²) >= 11 is 0. The number of H-pyrrole nitrogens is 1. The van der Waals surface area contributed by atoms with E-state index >= 15 is 0 Å². The molecule has 104 valence electrons. The van der Waals surface area contributed by atoms with Crippen molar-refractivity contribution in [2.24, 2.45) is 5.92 Å². The van der Waals surface area contributed by atoms with Crippen molar-refractivity contribution in [3.8, 4) is 17.2 Å². The molecule has 0 saturated heterocycles. The second kappa shape index (κ2) is 4.70. The molecule has 0 amide bonds. The smallest absolute Gasteiger partial charge is 0.160 e. The molecule has 0 spiro atoms. The van der Waals surface area contributed by atoms with Crippen molar-refractivity contribution in [3.63, 3.8) is 0 Å². The van der Waals surface area contributed by atoms with Crippen LogP contribution in [-0.2, 0) is 0 Å². The van der Waals surface area contributed by atoms with Crippen molar-refractivity contribution in [2.45, 2.75) is 25.3 Å². The molecule has 3 aromatic rings. The SMILES string of the molecule is N#C[C@H]1CCC[C@@H]1n1cc(-c2cnnc3[nH]ccc23)cn1. The van der Waals surface area contributed by atoms with E-state index in [1.807, 2.05) is 29.3 Å². The third kappa shape index (κ3) is 1.89. The van der Waals surface area contributed by atoms with Crippen LogP contribution in [-0.4, -0.2) is 25.0 Å². The van der Waals surface area contributed by atoms with Crippen LogP contribution in [0.5, 0.6) is 0 Å². The fourth-order valence-electron chi connectivity index (χ4n) is 3.17. The van der Waals surface area contributed by atoms with E-state index in [0.717, 1.165) is 41.4 Å². The Bertz CT molecular complexity index is 824. The Labute approximate surface area is 121 Å². The zero-order chi connectivity index (χ0) is 14.2. The monoisotopic (exact) mass is 278 g/mol. The van der Waals surface area contributed by atoms with E-state index in [4.69, 9.17) is 0 Å². The number of aromatic nitrogens is 5. The van der Waals surface area contributed by atoms with E-state index in [1.165, 1.54) is 0 Å². The van der Waals surface area contributed by atoms with Crippen molar-refractivity contribution < 1.29 is 0 Å². The number of nitriles is 1. The summed E-state index contributed by atoms with van der Waals surface area (Å²) in [5, 5.41) is 22.8. The molecule has 6 nitrogen and oxygen atoms in total. The van der Waals surface area contributed by atoms with E-state index in [2.05, 4.69) is 26.3 Å². The van der Waals surface area contributed by atoms with Gasteiger partial charge in [-0.2, -0.15) is 15.5 Å². The highest BCUT2D eigenvalue weighted by Crippen LogP contribution is 2.36. The fourth-order valence-corrected chi connectivity index (χ4v) is 3.17. The van der Waals surface area contributed by atoms with Gasteiger partial charge in [-0.05, 0) is 25.3 Å². The Morgan fingerprint density at radius 3 is 3.19 bits per heavy atom. The van der Waals surface area contributed by atoms with Crippen LogP contribution in [0.4, 0.5) is 0 Å². The average Bonchev–Trinajstić information content (AvgIpc) is 3.24. The summed E-state index contributed by atoms with van der Waals surface area (Å²) in [4.78, 5) is 3.06. The molecule has 3 heterocycles. The Morgan fingerprint density at radius 1 is 1.33 bits per heavy atom. The summed E-state index contributed by atoms with van der Waals surface area (Å²) in [6.07, 6.45) is 10.6. The normalized spacial score (nSPS) is 21.7. The van der Waals surface area contributed by atoms with Crippen LogP contribution in [0.15, 0.2) is 30.9 Å². The standard InChI is InChI=1S/C15H14N6/c16-6-10-2-1-3-14(10)21-9-11(7-19-21)13-8-18-20-15-12(13)4-5-17-15/h4-5,7-10,14H,1-3H2,(H,17,20)/t10-,14+/m1/s1. The molecule has 0 aromatic carbocycles. The van der Waals surface area contributed by atoms with Gasteiger partial charge < -0.3 is 4.98 Å². The number of fused-ring (bicyclic) bond motifs is 1. The number of hydrogen-bond acceptors (Lipinski definition) is 4. The van der Waals surface area contributed by atoms with Gasteiger partial charge in [-0.25, -0.2) is 0 Å². The molecule has 1 N–H and O–H groups in total. The average molecular weight is 278 g/mol. The molecule has 6 heteroatoms. The van der Waals surface area contributed by atoms with Crippen molar-refractivity contribution in [3.05, 3.63) is 30.9 Å². The van der Waals surface area contributed by atoms with Crippen molar-refractivity contribution >= 4 is 11.0 Å². The second-order valence-corrected chi connectivity index (χ2v) is 5.44. The quantitative estimate of drug-likeness (QED) is 0.781. The molecule has 0 aliphatic heterocycles. The molecule has 1 aliphatic rings. The van der Waals surface area contributed by atoms with Crippen molar-refractivity contribution in [2.75, 3.05) is 0 Å². The summed E-state index contributed by atoms with van der Waals surface area (Å²) in [6, 6.07) is 4.58. The number of nitrogens with zero attached hydrogens (tertiary/aromatic N) is 5. The molecule has 3 aromatic heterocycles. The van der Waals surface area contributed by atoms with Gasteiger partial charge in [-0.1, -0.05) is 0 Å². The lowest BCUT2D eigenvalue weighted by Gasteiger charge is -2.13. The number of nitrogens with one attached hydrogen (secondary N) is 1. The van der Waals surface area contributed by atoms with Crippen LogP contribution >= 0.6 is 0 Å². The third-order valence-electron chi connectivity index (χ3n) is 4.26. The first-order chi connectivity index (χ1) is 10.4. The summed E-state index contributed by atoms with van der Waals surface area (Å²) in [6.45, 7) is 0. The number of aromatic amines is 1. The zero-order valence-corrected chi connectivity index (χ0v) is 11.4. The van der Waals surface area contributed by atoms with E-state index in [1.54, 1.807) is 6.20 Å². The predicted octanol–water partition coefficient (Wildman–Crippen LogP) is 2.69. The van der Waals surface area contributed by atoms with Gasteiger partial charge in [0.15, 0.2) is 5.65 Å². The van der Waals surface area contributed by atoms with Gasteiger partial charge >= 0.3 is 0 Å². The van der Waals surface area contributed by atoms with Gasteiger partial charge in [-0.3, -0.25) is 4.68 Å². The highest BCUT2D eigenvalue weighted by atomic mass is 15.3. The topological polar surface area (TPSA) is 83.2 Å². The maximum atomic E-state index is 9.22. The predicted molar refractivity (Wildman–Crippen MR) is 77.1 cm³/mol. The Hall–Kier alpha value is -2.68. The number of hydrogen-bond donors (Lipinski definition) is 1. The molecule has 21 heavy (non-hydrogen) atoms. The minimum Gasteiger partial charge on any atom is -0.345 e. The fraction of sp³-hybridized carbons (Fsp3) is 0.333. The molecule has 4 rings (SSSR count). The highest BCUT2D eigenvalue weighted by Gasteiger charge is 2.29. The largest absolute Gasteiger partial charge is 0.345 e. The van der Waals surface area contributed by atoms with Crippen LogP contribution in [0.3, 0.4) is 0 Å².